The minimum atomic E-state index is -0.509. The molecule has 27 heavy (non-hydrogen) atoms. The van der Waals surface area contributed by atoms with E-state index in [1.807, 2.05) is 0 Å². The van der Waals surface area contributed by atoms with Crippen LogP contribution in [0, 0.1) is 5.92 Å². The highest BCUT2D eigenvalue weighted by Gasteiger charge is 2.24. The maximum absolute atomic E-state index is 10.4. The first-order valence-corrected chi connectivity index (χ1v) is 10.3. The number of hydrogen-bond acceptors (Lipinski definition) is 4. The van der Waals surface area contributed by atoms with E-state index in [2.05, 4.69) is 64.6 Å². The Labute approximate surface area is 165 Å². The molecular formula is C23H39NO3. The molecule has 1 saturated heterocycles. The van der Waals surface area contributed by atoms with Crippen molar-refractivity contribution < 1.29 is 14.9 Å². The molecule has 4 nitrogen and oxygen atoms in total. The topological polar surface area (TPSA) is 52.9 Å². The summed E-state index contributed by atoms with van der Waals surface area (Å²) in [6.45, 7) is 16.3. The summed E-state index contributed by atoms with van der Waals surface area (Å²) in [6, 6.07) is 6.44. The van der Waals surface area contributed by atoms with Gasteiger partial charge in [-0.1, -0.05) is 53.7 Å². The van der Waals surface area contributed by atoms with Gasteiger partial charge in [0, 0.05) is 13.2 Å². The van der Waals surface area contributed by atoms with E-state index in [1.54, 1.807) is 0 Å². The third-order valence-electron chi connectivity index (χ3n) is 5.52. The molecule has 0 bridgehead atoms. The van der Waals surface area contributed by atoms with Gasteiger partial charge in [0.1, 0.15) is 18.5 Å². The molecule has 0 aromatic heterocycles. The third kappa shape index (κ3) is 6.48. The second-order valence-electron chi connectivity index (χ2n) is 10.1. The quantitative estimate of drug-likeness (QED) is 0.793. The number of likely N-dealkylation sites (tertiary alicyclic amines) is 1. The Morgan fingerprint density at radius 2 is 1.70 bits per heavy atom. The van der Waals surface area contributed by atoms with Crippen molar-refractivity contribution in [2.24, 2.45) is 5.92 Å². The Hall–Kier alpha value is -1.10. The molecule has 0 aliphatic carbocycles. The molecule has 1 fully saturated rings. The Balaban J connectivity index is 1.98. The van der Waals surface area contributed by atoms with Crippen LogP contribution in [0.4, 0.5) is 0 Å². The summed E-state index contributed by atoms with van der Waals surface area (Å²) in [5.41, 5.74) is 2.56. The Bertz CT molecular complexity index is 593. The highest BCUT2D eigenvalue weighted by atomic mass is 16.5. The van der Waals surface area contributed by atoms with Crippen molar-refractivity contribution in [3.05, 3.63) is 29.3 Å². The molecule has 1 unspecified atom stereocenters. The number of hydrogen-bond donors (Lipinski definition) is 2. The first-order chi connectivity index (χ1) is 12.5. The van der Waals surface area contributed by atoms with E-state index >= 15 is 0 Å². The van der Waals surface area contributed by atoms with Crippen molar-refractivity contribution in [2.45, 2.75) is 71.3 Å². The zero-order chi connectivity index (χ0) is 20.2. The zero-order valence-corrected chi connectivity index (χ0v) is 18.1. The van der Waals surface area contributed by atoms with Gasteiger partial charge in [-0.25, -0.2) is 0 Å². The number of benzene rings is 1. The summed E-state index contributed by atoms with van der Waals surface area (Å²) in [5, 5.41) is 19.7. The van der Waals surface area contributed by atoms with Gasteiger partial charge in [0.15, 0.2) is 0 Å². The normalized spacial score (nSPS) is 18.5. The average molecular weight is 378 g/mol. The number of piperidine rings is 1. The second-order valence-corrected chi connectivity index (χ2v) is 10.1. The highest BCUT2D eigenvalue weighted by molar-refractivity contribution is 5.43. The van der Waals surface area contributed by atoms with E-state index < -0.39 is 6.10 Å². The van der Waals surface area contributed by atoms with Crippen LogP contribution in [0.2, 0.25) is 0 Å². The lowest BCUT2D eigenvalue weighted by Gasteiger charge is -2.32. The zero-order valence-electron chi connectivity index (χ0n) is 18.1. The summed E-state index contributed by atoms with van der Waals surface area (Å²) < 4.78 is 6.06. The molecule has 0 saturated carbocycles. The van der Waals surface area contributed by atoms with E-state index in [9.17, 15) is 10.2 Å². The fraction of sp³-hybridized carbons (Fsp3) is 0.739. The molecule has 1 aliphatic heterocycles. The standard InChI is InChI=1S/C23H39NO3/c1-22(2,3)18-7-8-21(20(13-18)23(4,5)6)27-16-19(26)14-24-11-9-17(15-25)10-12-24/h7-8,13,17,19,25-26H,9-12,14-16H2,1-6H3. The van der Waals surface area contributed by atoms with Gasteiger partial charge in [0.2, 0.25) is 0 Å². The van der Waals surface area contributed by atoms with Crippen molar-refractivity contribution in [2.75, 3.05) is 32.8 Å². The molecule has 2 rings (SSSR count). The van der Waals surface area contributed by atoms with Crippen molar-refractivity contribution in [3.63, 3.8) is 0 Å². The van der Waals surface area contributed by atoms with Crippen molar-refractivity contribution in [1.82, 2.24) is 4.90 Å². The molecule has 2 N–H and O–H groups in total. The lowest BCUT2D eigenvalue weighted by molar-refractivity contribution is 0.0484. The lowest BCUT2D eigenvalue weighted by Crippen LogP contribution is -2.41. The summed E-state index contributed by atoms with van der Waals surface area (Å²) in [7, 11) is 0. The SMILES string of the molecule is CC(C)(C)c1ccc(OCC(O)CN2CCC(CO)CC2)c(C(C)(C)C)c1. The summed E-state index contributed by atoms with van der Waals surface area (Å²) in [6.07, 6.45) is 1.50. The average Bonchev–Trinajstić information content (AvgIpc) is 2.59. The van der Waals surface area contributed by atoms with Crippen LogP contribution in [0.3, 0.4) is 0 Å². The predicted molar refractivity (Wildman–Crippen MR) is 112 cm³/mol. The molecule has 1 atom stereocenters. The van der Waals surface area contributed by atoms with Crippen molar-refractivity contribution in [3.8, 4) is 5.75 Å². The monoisotopic (exact) mass is 377 g/mol. The molecular weight excluding hydrogens is 338 g/mol. The van der Waals surface area contributed by atoms with Gasteiger partial charge in [-0.3, -0.25) is 0 Å². The highest BCUT2D eigenvalue weighted by Crippen LogP contribution is 2.35. The van der Waals surface area contributed by atoms with E-state index in [4.69, 9.17) is 4.74 Å². The maximum atomic E-state index is 10.4. The molecule has 154 valence electrons. The minimum absolute atomic E-state index is 0.0201. The summed E-state index contributed by atoms with van der Waals surface area (Å²) >= 11 is 0. The first kappa shape index (κ1) is 22.2. The molecule has 4 heteroatoms. The van der Waals surface area contributed by atoms with E-state index in [1.165, 1.54) is 11.1 Å². The van der Waals surface area contributed by atoms with Crippen LogP contribution in [-0.2, 0) is 10.8 Å². The third-order valence-corrected chi connectivity index (χ3v) is 5.52. The number of aliphatic hydroxyl groups is 2. The van der Waals surface area contributed by atoms with Crippen LogP contribution in [0.5, 0.6) is 5.75 Å². The van der Waals surface area contributed by atoms with Gasteiger partial charge in [-0.05, 0) is 59.9 Å². The van der Waals surface area contributed by atoms with E-state index in [0.717, 1.165) is 31.7 Å². The van der Waals surface area contributed by atoms with E-state index in [-0.39, 0.29) is 17.4 Å². The molecule has 1 aliphatic rings. The predicted octanol–water partition coefficient (Wildman–Crippen LogP) is 3.73. The lowest BCUT2D eigenvalue weighted by atomic mass is 9.80. The Morgan fingerprint density at radius 3 is 2.22 bits per heavy atom. The molecule has 1 heterocycles. The van der Waals surface area contributed by atoms with Crippen LogP contribution in [0.15, 0.2) is 18.2 Å². The largest absolute Gasteiger partial charge is 0.491 e. The van der Waals surface area contributed by atoms with E-state index in [0.29, 0.717) is 19.1 Å². The number of nitrogens with zero attached hydrogens (tertiary/aromatic N) is 1. The van der Waals surface area contributed by atoms with Crippen molar-refractivity contribution >= 4 is 0 Å². The second kappa shape index (κ2) is 8.93. The maximum Gasteiger partial charge on any atom is 0.123 e. The van der Waals surface area contributed by atoms with Gasteiger partial charge in [-0.15, -0.1) is 0 Å². The number of ether oxygens (including phenoxy) is 1. The first-order valence-electron chi connectivity index (χ1n) is 10.3. The van der Waals surface area contributed by atoms with Crippen molar-refractivity contribution in [1.29, 1.82) is 0 Å². The Morgan fingerprint density at radius 1 is 1.07 bits per heavy atom. The minimum Gasteiger partial charge on any atom is -0.491 e. The summed E-state index contributed by atoms with van der Waals surface area (Å²) in [5.74, 6) is 1.29. The van der Waals surface area contributed by atoms with Gasteiger partial charge < -0.3 is 19.8 Å². The van der Waals surface area contributed by atoms with Gasteiger partial charge in [-0.2, -0.15) is 0 Å². The molecule has 0 radical (unpaired) electrons. The fourth-order valence-electron chi connectivity index (χ4n) is 3.60. The molecule has 0 amide bonds. The molecule has 0 spiro atoms. The van der Waals surface area contributed by atoms with Crippen LogP contribution in [-0.4, -0.2) is 54.1 Å². The fourth-order valence-corrected chi connectivity index (χ4v) is 3.60. The number of rotatable bonds is 6. The van der Waals surface area contributed by atoms with Gasteiger partial charge in [0.25, 0.3) is 0 Å². The smallest absolute Gasteiger partial charge is 0.123 e. The number of β-amino-alcohol motifs (C(OH)–C–C–N with tert-alkyl or cyclic N) is 1. The Kier molecular flexibility index (Phi) is 7.34. The van der Waals surface area contributed by atoms with Crippen LogP contribution < -0.4 is 4.74 Å². The summed E-state index contributed by atoms with van der Waals surface area (Å²) in [4.78, 5) is 2.27. The van der Waals surface area contributed by atoms with Gasteiger partial charge >= 0.3 is 0 Å². The van der Waals surface area contributed by atoms with Gasteiger partial charge in [0.05, 0.1) is 0 Å². The molecule has 1 aromatic rings. The van der Waals surface area contributed by atoms with Crippen LogP contribution in [0.25, 0.3) is 0 Å². The molecule has 1 aromatic carbocycles. The number of aliphatic hydroxyl groups excluding tert-OH is 2. The van der Waals surface area contributed by atoms with Crippen LogP contribution >= 0.6 is 0 Å². The van der Waals surface area contributed by atoms with Crippen LogP contribution in [0.1, 0.15) is 65.5 Å².